The van der Waals surface area contributed by atoms with Gasteiger partial charge in [0.15, 0.2) is 0 Å². The van der Waals surface area contributed by atoms with Gasteiger partial charge in [0.05, 0.1) is 0 Å². The third-order valence-electron chi connectivity index (χ3n) is 2.01. The largest absolute Gasteiger partial charge is 0.368 e. The minimum atomic E-state index is 0.254. The first kappa shape index (κ1) is 12.5. The van der Waals surface area contributed by atoms with Crippen molar-refractivity contribution >= 4 is 17.8 Å². The minimum absolute atomic E-state index is 0.254. The molecule has 6 nitrogen and oxygen atoms in total. The average Bonchev–Trinajstić information content (AvgIpc) is 2.15. The van der Waals surface area contributed by atoms with Crippen LogP contribution < -0.4 is 15.5 Å². The highest BCUT2D eigenvalue weighted by atomic mass is 15.3. The summed E-state index contributed by atoms with van der Waals surface area (Å²) in [6, 6.07) is 0. The zero-order chi connectivity index (χ0) is 12.3. The molecule has 0 spiro atoms. The van der Waals surface area contributed by atoms with Gasteiger partial charge in [-0.05, 0) is 5.92 Å². The lowest BCUT2D eigenvalue weighted by Crippen LogP contribution is -2.26. The fraction of sp³-hybridized carbons (Fsp3) is 0.700. The molecule has 0 saturated heterocycles. The standard InChI is InChI=1S/C10H20N6/c1-7(2)6-16(5)10-13-8(11)12-9(14-10)15(3)4/h7H,6H2,1-5H3,(H2,11,12,13,14). The Bertz CT molecular complexity index is 349. The highest BCUT2D eigenvalue weighted by Crippen LogP contribution is 2.13. The summed E-state index contributed by atoms with van der Waals surface area (Å²) in [6.07, 6.45) is 0. The van der Waals surface area contributed by atoms with Crippen LogP contribution in [-0.4, -0.2) is 42.6 Å². The van der Waals surface area contributed by atoms with Gasteiger partial charge in [0.1, 0.15) is 0 Å². The number of nitrogens with two attached hydrogens (primary N) is 1. The molecule has 1 rings (SSSR count). The highest BCUT2D eigenvalue weighted by molar-refractivity contribution is 5.42. The van der Waals surface area contributed by atoms with Crippen molar-refractivity contribution in [1.82, 2.24) is 15.0 Å². The van der Waals surface area contributed by atoms with E-state index in [0.29, 0.717) is 17.8 Å². The molecule has 0 unspecified atom stereocenters. The molecule has 0 amide bonds. The van der Waals surface area contributed by atoms with Crippen LogP contribution in [0.2, 0.25) is 0 Å². The van der Waals surface area contributed by atoms with Crippen molar-refractivity contribution in [1.29, 1.82) is 0 Å². The van der Waals surface area contributed by atoms with Crippen LogP contribution in [0.1, 0.15) is 13.8 Å². The van der Waals surface area contributed by atoms with Crippen molar-refractivity contribution in [3.8, 4) is 0 Å². The quantitative estimate of drug-likeness (QED) is 0.808. The highest BCUT2D eigenvalue weighted by Gasteiger charge is 2.10. The van der Waals surface area contributed by atoms with Crippen molar-refractivity contribution in [2.24, 2.45) is 5.92 Å². The zero-order valence-electron chi connectivity index (χ0n) is 10.6. The van der Waals surface area contributed by atoms with E-state index >= 15 is 0 Å². The van der Waals surface area contributed by atoms with Gasteiger partial charge in [-0.15, -0.1) is 0 Å². The molecule has 0 atom stereocenters. The number of hydrogen-bond donors (Lipinski definition) is 1. The number of aromatic nitrogens is 3. The van der Waals surface area contributed by atoms with Gasteiger partial charge in [-0.1, -0.05) is 13.8 Å². The number of hydrogen-bond acceptors (Lipinski definition) is 6. The van der Waals surface area contributed by atoms with E-state index in [4.69, 9.17) is 5.73 Å². The predicted octanol–water partition coefficient (Wildman–Crippen LogP) is 0.612. The van der Waals surface area contributed by atoms with Gasteiger partial charge in [0, 0.05) is 27.7 Å². The molecule has 6 heteroatoms. The summed E-state index contributed by atoms with van der Waals surface area (Å²) in [6.45, 7) is 5.18. The Morgan fingerprint density at radius 3 is 2.12 bits per heavy atom. The lowest BCUT2D eigenvalue weighted by atomic mass is 10.2. The van der Waals surface area contributed by atoms with E-state index < -0.39 is 0 Å². The normalized spacial score (nSPS) is 10.6. The summed E-state index contributed by atoms with van der Waals surface area (Å²) in [7, 11) is 5.70. The van der Waals surface area contributed by atoms with Crippen LogP contribution in [0.3, 0.4) is 0 Å². The first-order valence-corrected chi connectivity index (χ1v) is 5.30. The van der Waals surface area contributed by atoms with E-state index in [0.717, 1.165) is 6.54 Å². The second-order valence-electron chi connectivity index (χ2n) is 4.46. The molecule has 0 aliphatic rings. The fourth-order valence-electron chi connectivity index (χ4n) is 1.37. The monoisotopic (exact) mass is 224 g/mol. The van der Waals surface area contributed by atoms with Crippen molar-refractivity contribution < 1.29 is 0 Å². The molecule has 1 aromatic heterocycles. The van der Waals surface area contributed by atoms with Gasteiger partial charge >= 0.3 is 0 Å². The third-order valence-corrected chi connectivity index (χ3v) is 2.01. The Kier molecular flexibility index (Phi) is 3.87. The van der Waals surface area contributed by atoms with Crippen LogP contribution in [-0.2, 0) is 0 Å². The fourth-order valence-corrected chi connectivity index (χ4v) is 1.37. The van der Waals surface area contributed by atoms with E-state index in [1.807, 2.05) is 30.9 Å². The number of anilines is 3. The maximum absolute atomic E-state index is 5.65. The summed E-state index contributed by atoms with van der Waals surface area (Å²) in [5, 5.41) is 0. The van der Waals surface area contributed by atoms with E-state index in [1.165, 1.54) is 0 Å². The summed E-state index contributed by atoms with van der Waals surface area (Å²) < 4.78 is 0. The predicted molar refractivity (Wildman–Crippen MR) is 66.7 cm³/mol. The second kappa shape index (κ2) is 4.96. The summed E-state index contributed by atoms with van der Waals surface area (Å²) in [5.74, 6) is 2.00. The van der Waals surface area contributed by atoms with Crippen molar-refractivity contribution in [3.05, 3.63) is 0 Å². The van der Waals surface area contributed by atoms with Crippen LogP contribution in [0, 0.1) is 5.92 Å². The molecule has 16 heavy (non-hydrogen) atoms. The molecule has 0 aromatic carbocycles. The van der Waals surface area contributed by atoms with Gasteiger partial charge in [-0.3, -0.25) is 0 Å². The topological polar surface area (TPSA) is 71.2 Å². The van der Waals surface area contributed by atoms with Crippen LogP contribution in [0.4, 0.5) is 17.8 Å². The first-order chi connectivity index (χ1) is 7.40. The van der Waals surface area contributed by atoms with Crippen LogP contribution >= 0.6 is 0 Å². The molecular formula is C10H20N6. The van der Waals surface area contributed by atoms with E-state index in [1.54, 1.807) is 0 Å². The zero-order valence-corrected chi connectivity index (χ0v) is 10.6. The lowest BCUT2D eigenvalue weighted by molar-refractivity contribution is 0.629. The summed E-state index contributed by atoms with van der Waals surface area (Å²) in [5.41, 5.74) is 5.65. The lowest BCUT2D eigenvalue weighted by Gasteiger charge is -2.20. The Morgan fingerprint density at radius 2 is 1.62 bits per heavy atom. The molecule has 1 aromatic rings. The Balaban J connectivity index is 2.95. The van der Waals surface area contributed by atoms with Gasteiger partial charge in [-0.25, -0.2) is 0 Å². The molecular weight excluding hydrogens is 204 g/mol. The molecule has 0 fully saturated rings. The van der Waals surface area contributed by atoms with Crippen molar-refractivity contribution in [2.75, 3.05) is 43.2 Å². The second-order valence-corrected chi connectivity index (χ2v) is 4.46. The summed E-state index contributed by atoms with van der Waals surface area (Å²) in [4.78, 5) is 16.3. The van der Waals surface area contributed by atoms with Crippen molar-refractivity contribution in [3.63, 3.8) is 0 Å². The molecule has 1 heterocycles. The molecule has 2 N–H and O–H groups in total. The van der Waals surface area contributed by atoms with Gasteiger partial charge in [-0.2, -0.15) is 15.0 Å². The Hall–Kier alpha value is -1.59. The van der Waals surface area contributed by atoms with E-state index in [9.17, 15) is 0 Å². The number of rotatable bonds is 4. The van der Waals surface area contributed by atoms with E-state index in [2.05, 4.69) is 28.8 Å². The summed E-state index contributed by atoms with van der Waals surface area (Å²) >= 11 is 0. The first-order valence-electron chi connectivity index (χ1n) is 5.30. The van der Waals surface area contributed by atoms with Crippen LogP contribution in [0.5, 0.6) is 0 Å². The molecule has 0 bridgehead atoms. The number of nitrogen functional groups attached to an aromatic ring is 1. The third kappa shape index (κ3) is 3.22. The molecule has 90 valence electrons. The number of nitrogens with zero attached hydrogens (tertiary/aromatic N) is 5. The molecule has 0 radical (unpaired) electrons. The molecule has 0 saturated carbocycles. The van der Waals surface area contributed by atoms with Crippen LogP contribution in [0.15, 0.2) is 0 Å². The maximum atomic E-state index is 5.65. The maximum Gasteiger partial charge on any atom is 0.231 e. The Morgan fingerprint density at radius 1 is 1.06 bits per heavy atom. The van der Waals surface area contributed by atoms with Crippen LogP contribution in [0.25, 0.3) is 0 Å². The van der Waals surface area contributed by atoms with Crippen molar-refractivity contribution in [2.45, 2.75) is 13.8 Å². The average molecular weight is 224 g/mol. The molecule has 0 aliphatic carbocycles. The van der Waals surface area contributed by atoms with Gasteiger partial charge in [0.2, 0.25) is 17.8 Å². The SMILES string of the molecule is CC(C)CN(C)c1nc(N)nc(N(C)C)n1. The minimum Gasteiger partial charge on any atom is -0.368 e. The van der Waals surface area contributed by atoms with Gasteiger partial charge < -0.3 is 15.5 Å². The smallest absolute Gasteiger partial charge is 0.231 e. The van der Waals surface area contributed by atoms with Gasteiger partial charge in [0.25, 0.3) is 0 Å². The Labute approximate surface area is 96.5 Å². The van der Waals surface area contributed by atoms with E-state index in [-0.39, 0.29) is 5.95 Å². The molecule has 0 aliphatic heterocycles.